The third-order valence-corrected chi connectivity index (χ3v) is 2.83. The van der Waals surface area contributed by atoms with Crippen molar-refractivity contribution in [1.82, 2.24) is 4.98 Å². The van der Waals surface area contributed by atoms with Gasteiger partial charge in [0.15, 0.2) is 0 Å². The molecule has 0 radical (unpaired) electrons. The number of hydrogen-bond donors (Lipinski definition) is 2. The molecular formula is C9H14N2O2S. The number of thiazole rings is 1. The van der Waals surface area contributed by atoms with Crippen LogP contribution in [-0.2, 0) is 11.2 Å². The first-order valence-corrected chi connectivity index (χ1v) is 5.45. The van der Waals surface area contributed by atoms with Gasteiger partial charge in [-0.1, -0.05) is 13.3 Å². The Morgan fingerprint density at radius 3 is 3.07 bits per heavy atom. The molecule has 0 amide bonds. The highest BCUT2D eigenvalue weighted by Gasteiger charge is 2.17. The summed E-state index contributed by atoms with van der Waals surface area (Å²) in [5.74, 6) is -1.03. The highest BCUT2D eigenvalue weighted by Crippen LogP contribution is 2.17. The summed E-state index contributed by atoms with van der Waals surface area (Å²) in [7, 11) is 0. The van der Waals surface area contributed by atoms with Crippen LogP contribution >= 0.6 is 11.3 Å². The minimum Gasteiger partial charge on any atom is -0.480 e. The van der Waals surface area contributed by atoms with E-state index in [0.29, 0.717) is 5.69 Å². The summed E-state index contributed by atoms with van der Waals surface area (Å²) in [5.41, 5.74) is 5.89. The summed E-state index contributed by atoms with van der Waals surface area (Å²) in [6.07, 6.45) is 3.10. The summed E-state index contributed by atoms with van der Waals surface area (Å²) in [6.45, 7) is 2.11. The monoisotopic (exact) mass is 214 g/mol. The zero-order valence-electron chi connectivity index (χ0n) is 8.06. The van der Waals surface area contributed by atoms with Gasteiger partial charge in [0.25, 0.3) is 0 Å². The van der Waals surface area contributed by atoms with Gasteiger partial charge in [-0.2, -0.15) is 0 Å². The molecule has 0 aromatic carbocycles. The Morgan fingerprint density at radius 1 is 1.79 bits per heavy atom. The highest BCUT2D eigenvalue weighted by molar-refractivity contribution is 7.09. The molecule has 0 aliphatic rings. The molecule has 1 aromatic heterocycles. The van der Waals surface area contributed by atoms with Crippen LogP contribution in [-0.4, -0.2) is 16.1 Å². The van der Waals surface area contributed by atoms with Crippen LogP contribution in [0.3, 0.4) is 0 Å². The number of carbonyl (C=O) groups is 1. The van der Waals surface area contributed by atoms with Crippen molar-refractivity contribution in [3.63, 3.8) is 0 Å². The van der Waals surface area contributed by atoms with Crippen molar-refractivity contribution in [2.75, 3.05) is 0 Å². The fourth-order valence-corrected chi connectivity index (χ4v) is 1.91. The first-order chi connectivity index (χ1) is 6.65. The Labute approximate surface area is 86.8 Å². The van der Waals surface area contributed by atoms with E-state index in [0.717, 1.165) is 24.3 Å². The van der Waals surface area contributed by atoms with E-state index in [-0.39, 0.29) is 0 Å². The van der Waals surface area contributed by atoms with Gasteiger partial charge in [0.2, 0.25) is 0 Å². The molecule has 1 unspecified atom stereocenters. The Hall–Kier alpha value is -0.940. The first-order valence-electron chi connectivity index (χ1n) is 4.57. The van der Waals surface area contributed by atoms with E-state index >= 15 is 0 Å². The van der Waals surface area contributed by atoms with Crippen molar-refractivity contribution in [1.29, 1.82) is 0 Å². The van der Waals surface area contributed by atoms with E-state index in [1.807, 2.05) is 0 Å². The Morgan fingerprint density at radius 2 is 2.50 bits per heavy atom. The molecule has 0 spiro atoms. The maximum atomic E-state index is 10.6. The lowest BCUT2D eigenvalue weighted by atomic mass is 10.2. The molecular weight excluding hydrogens is 200 g/mol. The highest BCUT2D eigenvalue weighted by atomic mass is 32.1. The second kappa shape index (κ2) is 5.07. The number of hydrogen-bond acceptors (Lipinski definition) is 4. The van der Waals surface area contributed by atoms with Crippen LogP contribution in [0.15, 0.2) is 5.38 Å². The van der Waals surface area contributed by atoms with Crippen LogP contribution in [0.1, 0.15) is 36.5 Å². The van der Waals surface area contributed by atoms with Gasteiger partial charge in [-0.15, -0.1) is 11.3 Å². The number of rotatable bonds is 5. The lowest BCUT2D eigenvalue weighted by molar-refractivity contribution is -0.138. The molecule has 1 heterocycles. The summed E-state index contributed by atoms with van der Waals surface area (Å²) in [5, 5.41) is 11.4. The molecule has 0 fully saturated rings. The second-order valence-electron chi connectivity index (χ2n) is 3.09. The summed E-state index contributed by atoms with van der Waals surface area (Å²) >= 11 is 1.48. The quantitative estimate of drug-likeness (QED) is 0.780. The molecule has 1 atom stereocenters. The van der Waals surface area contributed by atoms with Crippen LogP contribution in [0, 0.1) is 0 Å². The predicted molar refractivity (Wildman–Crippen MR) is 55.3 cm³/mol. The Bertz CT molecular complexity index is 312. The number of nitrogens with two attached hydrogens (primary N) is 1. The van der Waals surface area contributed by atoms with E-state index < -0.39 is 12.0 Å². The fourth-order valence-electron chi connectivity index (χ4n) is 1.04. The maximum Gasteiger partial charge on any atom is 0.326 e. The number of nitrogens with zero attached hydrogens (tertiary/aromatic N) is 1. The number of carboxylic acids is 1. The lowest BCUT2D eigenvalue weighted by Gasteiger charge is -2.00. The van der Waals surface area contributed by atoms with Crippen LogP contribution in [0.2, 0.25) is 0 Å². The van der Waals surface area contributed by atoms with Gasteiger partial charge in [-0.3, -0.25) is 4.79 Å². The topological polar surface area (TPSA) is 76.2 Å². The van der Waals surface area contributed by atoms with Gasteiger partial charge in [-0.25, -0.2) is 4.98 Å². The summed E-state index contributed by atoms with van der Waals surface area (Å²) in [6, 6.07) is -0.985. The normalized spacial score (nSPS) is 12.7. The number of aryl methyl sites for hydroxylation is 1. The maximum absolute atomic E-state index is 10.6. The first kappa shape index (κ1) is 11.1. The zero-order valence-corrected chi connectivity index (χ0v) is 8.88. The van der Waals surface area contributed by atoms with Crippen LogP contribution in [0.5, 0.6) is 0 Å². The van der Waals surface area contributed by atoms with Crippen LogP contribution < -0.4 is 5.73 Å². The molecule has 14 heavy (non-hydrogen) atoms. The second-order valence-corrected chi connectivity index (χ2v) is 4.03. The standard InChI is InChI=1S/C9H14N2O2S/c1-2-3-4-7-11-6(5-14-7)8(10)9(12)13/h5,8H,2-4,10H2,1H3,(H,12,13). The van der Waals surface area contributed by atoms with Gasteiger partial charge >= 0.3 is 5.97 Å². The third kappa shape index (κ3) is 2.78. The van der Waals surface area contributed by atoms with Gasteiger partial charge in [0.1, 0.15) is 6.04 Å². The van der Waals surface area contributed by atoms with Crippen molar-refractivity contribution < 1.29 is 9.90 Å². The molecule has 5 heteroatoms. The predicted octanol–water partition coefficient (Wildman–Crippen LogP) is 1.57. The third-order valence-electron chi connectivity index (χ3n) is 1.90. The van der Waals surface area contributed by atoms with Gasteiger partial charge in [0.05, 0.1) is 10.7 Å². The zero-order chi connectivity index (χ0) is 10.6. The van der Waals surface area contributed by atoms with Crippen molar-refractivity contribution in [3.8, 4) is 0 Å². The molecule has 0 aliphatic heterocycles. The van der Waals surface area contributed by atoms with Crippen molar-refractivity contribution in [2.45, 2.75) is 32.2 Å². The molecule has 4 nitrogen and oxygen atoms in total. The molecule has 0 bridgehead atoms. The van der Waals surface area contributed by atoms with E-state index in [4.69, 9.17) is 10.8 Å². The van der Waals surface area contributed by atoms with Gasteiger partial charge < -0.3 is 10.8 Å². The molecule has 0 saturated carbocycles. The van der Waals surface area contributed by atoms with Gasteiger partial charge in [0, 0.05) is 5.38 Å². The average Bonchev–Trinajstić information content (AvgIpc) is 2.61. The SMILES string of the molecule is CCCCc1nc(C(N)C(=O)O)cs1. The minimum atomic E-state index is -1.03. The van der Waals surface area contributed by atoms with E-state index in [9.17, 15) is 4.79 Å². The molecule has 1 aromatic rings. The fraction of sp³-hybridized carbons (Fsp3) is 0.556. The minimum absolute atomic E-state index is 0.466. The van der Waals surface area contributed by atoms with Crippen molar-refractivity contribution in [3.05, 3.63) is 16.1 Å². The lowest BCUT2D eigenvalue weighted by Crippen LogP contribution is -2.20. The van der Waals surface area contributed by atoms with Crippen LogP contribution in [0.25, 0.3) is 0 Å². The largest absolute Gasteiger partial charge is 0.480 e. The summed E-state index contributed by atoms with van der Waals surface area (Å²) < 4.78 is 0. The van der Waals surface area contributed by atoms with E-state index in [1.165, 1.54) is 11.3 Å². The van der Waals surface area contributed by atoms with Crippen molar-refractivity contribution in [2.24, 2.45) is 5.73 Å². The molecule has 78 valence electrons. The van der Waals surface area contributed by atoms with Crippen molar-refractivity contribution >= 4 is 17.3 Å². The average molecular weight is 214 g/mol. The number of aromatic nitrogens is 1. The Kier molecular flexibility index (Phi) is 4.03. The molecule has 1 rings (SSSR count). The van der Waals surface area contributed by atoms with Crippen LogP contribution in [0.4, 0.5) is 0 Å². The molecule has 0 saturated heterocycles. The van der Waals surface area contributed by atoms with E-state index in [1.54, 1.807) is 5.38 Å². The number of aliphatic carboxylic acids is 1. The molecule has 0 aliphatic carbocycles. The van der Waals surface area contributed by atoms with E-state index in [2.05, 4.69) is 11.9 Å². The number of unbranched alkanes of at least 4 members (excludes halogenated alkanes) is 1. The molecule has 3 N–H and O–H groups in total. The van der Waals surface area contributed by atoms with Gasteiger partial charge in [-0.05, 0) is 12.8 Å². The summed E-state index contributed by atoms with van der Waals surface area (Å²) in [4.78, 5) is 14.7. The number of carboxylic acid groups (broad SMARTS) is 1. The Balaban J connectivity index is 2.63. The smallest absolute Gasteiger partial charge is 0.326 e.